The van der Waals surface area contributed by atoms with Crippen molar-refractivity contribution in [2.75, 3.05) is 0 Å². The van der Waals surface area contributed by atoms with Crippen molar-refractivity contribution < 1.29 is 0 Å². The maximum absolute atomic E-state index is 6.25. The minimum atomic E-state index is -0.529. The summed E-state index contributed by atoms with van der Waals surface area (Å²) in [6.07, 6.45) is 0. The van der Waals surface area contributed by atoms with Gasteiger partial charge in [-0.2, -0.15) is 0 Å². The minimum absolute atomic E-state index is 0.262. The zero-order valence-corrected chi connectivity index (χ0v) is 17.7. The predicted molar refractivity (Wildman–Crippen MR) is 116 cm³/mol. The molecule has 26 heavy (non-hydrogen) atoms. The monoisotopic (exact) mass is 490 g/mol. The molecule has 0 radical (unpaired) electrons. The van der Waals surface area contributed by atoms with Crippen molar-refractivity contribution >= 4 is 63.5 Å². The van der Waals surface area contributed by atoms with Crippen LogP contribution in [0.3, 0.4) is 0 Å². The fourth-order valence-corrected chi connectivity index (χ4v) is 6.70. The molecule has 4 rings (SSSR count). The topological polar surface area (TPSA) is 0 Å². The third kappa shape index (κ3) is 4.11. The van der Waals surface area contributed by atoms with Crippen molar-refractivity contribution in [3.05, 3.63) is 112 Å². The Morgan fingerprint density at radius 3 is 1.65 bits per heavy atom. The van der Waals surface area contributed by atoms with Crippen LogP contribution in [0.15, 0.2) is 90.8 Å². The second-order valence-electron chi connectivity index (χ2n) is 6.12. The van der Waals surface area contributed by atoms with Gasteiger partial charge < -0.3 is 0 Å². The number of benzene rings is 3. The van der Waals surface area contributed by atoms with Crippen LogP contribution in [0.5, 0.6) is 0 Å². The number of halogens is 2. The van der Waals surface area contributed by atoms with Gasteiger partial charge in [0.1, 0.15) is 0 Å². The average Bonchev–Trinajstić information content (AvgIpc) is 2.68. The molecule has 1 aliphatic heterocycles. The van der Waals surface area contributed by atoms with Gasteiger partial charge in [-0.15, -0.1) is 0 Å². The molecule has 0 saturated heterocycles. The van der Waals surface area contributed by atoms with Crippen LogP contribution in [0.25, 0.3) is 7.24 Å². The van der Waals surface area contributed by atoms with Gasteiger partial charge in [0.25, 0.3) is 0 Å². The molecular weight excluding hydrogens is 474 g/mol. The first-order chi connectivity index (χ1) is 12.7. The standard InChI is InChI=1S/C22H15BCl2Te/c24-19-10-4-6-16(12-19)21-14-23(18-8-2-1-3-9-18)15-22(26-21)17-7-5-11-20(25)13-17/h1-15H. The van der Waals surface area contributed by atoms with E-state index in [1.807, 2.05) is 24.3 Å². The van der Waals surface area contributed by atoms with Crippen LogP contribution < -0.4 is 5.46 Å². The molecule has 126 valence electrons. The van der Waals surface area contributed by atoms with E-state index in [1.54, 1.807) is 0 Å². The number of hydrogen-bond acceptors (Lipinski definition) is 0. The summed E-state index contributed by atoms with van der Waals surface area (Å²) in [4.78, 5) is 0. The van der Waals surface area contributed by atoms with Crippen LogP contribution in [0.4, 0.5) is 0 Å². The molecule has 0 spiro atoms. The summed E-state index contributed by atoms with van der Waals surface area (Å²) < 4.78 is 2.84. The van der Waals surface area contributed by atoms with Gasteiger partial charge in [-0.25, -0.2) is 0 Å². The molecule has 1 heterocycles. The summed E-state index contributed by atoms with van der Waals surface area (Å²) in [5, 5.41) is 1.57. The van der Waals surface area contributed by atoms with Gasteiger partial charge in [0.05, 0.1) is 0 Å². The predicted octanol–water partition coefficient (Wildman–Crippen LogP) is 5.57. The van der Waals surface area contributed by atoms with Crippen molar-refractivity contribution in [1.82, 2.24) is 0 Å². The van der Waals surface area contributed by atoms with Crippen LogP contribution in [-0.2, 0) is 0 Å². The van der Waals surface area contributed by atoms with Gasteiger partial charge in [0.2, 0.25) is 0 Å². The fourth-order valence-electron chi connectivity index (χ4n) is 3.02. The zero-order chi connectivity index (χ0) is 17.9. The molecule has 0 aliphatic carbocycles. The molecule has 0 bridgehead atoms. The van der Waals surface area contributed by atoms with Gasteiger partial charge in [-0.05, 0) is 0 Å². The van der Waals surface area contributed by atoms with Gasteiger partial charge in [0.15, 0.2) is 0 Å². The summed E-state index contributed by atoms with van der Waals surface area (Å²) >= 11 is 12.0. The Kier molecular flexibility index (Phi) is 5.58. The van der Waals surface area contributed by atoms with E-state index in [1.165, 1.54) is 23.8 Å². The molecule has 0 unspecified atom stereocenters. The van der Waals surface area contributed by atoms with Crippen LogP contribution in [-0.4, -0.2) is 27.6 Å². The van der Waals surface area contributed by atoms with E-state index >= 15 is 0 Å². The quantitative estimate of drug-likeness (QED) is 0.423. The Bertz CT molecular complexity index is 934. The van der Waals surface area contributed by atoms with Gasteiger partial charge in [-0.3, -0.25) is 0 Å². The van der Waals surface area contributed by atoms with E-state index < -0.39 is 20.9 Å². The number of hydrogen-bond donors (Lipinski definition) is 0. The Hall–Kier alpha value is -1.43. The summed E-state index contributed by atoms with van der Waals surface area (Å²) in [6.45, 7) is 0.262. The van der Waals surface area contributed by atoms with E-state index in [9.17, 15) is 0 Å². The third-order valence-electron chi connectivity index (χ3n) is 4.28. The van der Waals surface area contributed by atoms with Crippen LogP contribution >= 0.6 is 23.2 Å². The Morgan fingerprint density at radius 2 is 1.15 bits per heavy atom. The molecule has 0 nitrogen and oxygen atoms in total. The second-order valence-corrected chi connectivity index (χ2v) is 10.1. The Morgan fingerprint density at radius 1 is 0.615 bits per heavy atom. The van der Waals surface area contributed by atoms with Crippen molar-refractivity contribution in [3.63, 3.8) is 0 Å². The molecular formula is C22H15BCl2Te. The summed E-state index contributed by atoms with van der Waals surface area (Å²) in [7, 11) is 0. The molecule has 3 aromatic rings. The first-order valence-electron chi connectivity index (χ1n) is 8.37. The number of rotatable bonds is 3. The van der Waals surface area contributed by atoms with E-state index in [2.05, 4.69) is 66.5 Å². The third-order valence-corrected chi connectivity index (χ3v) is 8.13. The van der Waals surface area contributed by atoms with Gasteiger partial charge in [0, 0.05) is 0 Å². The molecule has 3 aromatic carbocycles. The second kappa shape index (κ2) is 8.07. The molecule has 0 fully saturated rings. The summed E-state index contributed by atoms with van der Waals surface area (Å²) in [5.74, 6) is 4.80. The molecule has 0 N–H and O–H groups in total. The van der Waals surface area contributed by atoms with E-state index in [-0.39, 0.29) is 6.71 Å². The summed E-state index contributed by atoms with van der Waals surface area (Å²) in [5.41, 5.74) is 3.76. The van der Waals surface area contributed by atoms with Gasteiger partial charge >= 0.3 is 176 Å². The Balaban J connectivity index is 1.79. The van der Waals surface area contributed by atoms with Crippen molar-refractivity contribution in [2.24, 2.45) is 0 Å². The molecule has 0 aromatic heterocycles. The van der Waals surface area contributed by atoms with Crippen molar-refractivity contribution in [2.45, 2.75) is 0 Å². The van der Waals surface area contributed by atoms with Gasteiger partial charge in [-0.1, -0.05) is 0 Å². The van der Waals surface area contributed by atoms with E-state index in [0.29, 0.717) is 0 Å². The average molecular weight is 489 g/mol. The molecule has 4 heteroatoms. The van der Waals surface area contributed by atoms with Crippen molar-refractivity contribution in [3.8, 4) is 0 Å². The van der Waals surface area contributed by atoms with E-state index in [4.69, 9.17) is 23.2 Å². The molecule has 1 aliphatic rings. The summed E-state index contributed by atoms with van der Waals surface area (Å²) in [6, 6.07) is 27.0. The van der Waals surface area contributed by atoms with Crippen LogP contribution in [0.1, 0.15) is 11.1 Å². The van der Waals surface area contributed by atoms with Crippen LogP contribution in [0.2, 0.25) is 10.0 Å². The maximum atomic E-state index is 6.25. The normalized spacial score (nSPS) is 14.0. The first-order valence-corrected chi connectivity index (χ1v) is 11.5. The van der Waals surface area contributed by atoms with E-state index in [0.717, 1.165) is 10.0 Å². The SMILES string of the molecule is Clc1cccc(C2=CB(c3ccccc3)C=C(c3cccc(Cl)c3)[Te]2)c1. The molecule has 0 atom stereocenters. The van der Waals surface area contributed by atoms with Crippen molar-refractivity contribution in [1.29, 1.82) is 0 Å². The zero-order valence-electron chi connectivity index (χ0n) is 13.9. The Labute approximate surface area is 174 Å². The molecule has 0 amide bonds. The fraction of sp³-hybridized carbons (Fsp3) is 0. The first kappa shape index (κ1) is 18.0. The van der Waals surface area contributed by atoms with Crippen LogP contribution in [0, 0.1) is 0 Å². The molecule has 0 saturated carbocycles.